The summed E-state index contributed by atoms with van der Waals surface area (Å²) >= 11 is 0. The highest BCUT2D eigenvalue weighted by atomic mass is 16.2. The van der Waals surface area contributed by atoms with E-state index in [4.69, 9.17) is 0 Å². The predicted octanol–water partition coefficient (Wildman–Crippen LogP) is 1.29. The summed E-state index contributed by atoms with van der Waals surface area (Å²) in [4.78, 5) is 23.4. The highest BCUT2D eigenvalue weighted by molar-refractivity contribution is 6.39. The number of rotatable bonds is 2. The molecular formula is C13H21N3O2. The molecule has 1 N–H and O–H groups in total. The van der Waals surface area contributed by atoms with Gasteiger partial charge in [0.05, 0.1) is 0 Å². The lowest BCUT2D eigenvalue weighted by Crippen LogP contribution is -2.45. The molecule has 0 spiro atoms. The van der Waals surface area contributed by atoms with E-state index in [1.807, 2.05) is 0 Å². The normalized spacial score (nSPS) is 28.9. The molecule has 1 aliphatic heterocycles. The third-order valence-corrected chi connectivity index (χ3v) is 3.90. The van der Waals surface area contributed by atoms with E-state index in [9.17, 15) is 9.59 Å². The number of carbonyl (C=O) groups is 2. The van der Waals surface area contributed by atoms with Crippen LogP contribution in [0.25, 0.3) is 0 Å². The monoisotopic (exact) mass is 251 g/mol. The Bertz CT molecular complexity index is 378. The summed E-state index contributed by atoms with van der Waals surface area (Å²) < 4.78 is 0. The fraction of sp³-hybridized carbons (Fsp3) is 0.769. The fourth-order valence-corrected chi connectivity index (χ4v) is 2.62. The Balaban J connectivity index is 1.95. The molecule has 2 amide bonds. The number of amides is 2. The van der Waals surface area contributed by atoms with Gasteiger partial charge in [-0.15, -0.1) is 0 Å². The smallest absolute Gasteiger partial charge is 0.267 e. The van der Waals surface area contributed by atoms with Gasteiger partial charge in [-0.2, -0.15) is 5.10 Å². The van der Waals surface area contributed by atoms with Crippen molar-refractivity contribution >= 4 is 17.5 Å². The average Bonchev–Trinajstić information content (AvgIpc) is 2.35. The van der Waals surface area contributed by atoms with Crippen LogP contribution in [0.5, 0.6) is 0 Å². The van der Waals surface area contributed by atoms with Gasteiger partial charge in [0.15, 0.2) is 0 Å². The lowest BCUT2D eigenvalue weighted by atomic mass is 9.86. The topological polar surface area (TPSA) is 61.8 Å². The number of nitrogens with zero attached hydrogens (tertiary/aromatic N) is 2. The standard InChI is InChI=1S/C13H21N3O2/c1-9-5-3-4-6-10(9)14-13(18)11-7-8-12(17)16(2)15-11/h9-10H,3-8H2,1-2H3,(H,14,18). The molecule has 1 aliphatic carbocycles. The number of nitrogens with one attached hydrogen (secondary N) is 1. The maximum absolute atomic E-state index is 12.1. The Kier molecular flexibility index (Phi) is 3.99. The Hall–Kier alpha value is -1.39. The van der Waals surface area contributed by atoms with Gasteiger partial charge in [-0.05, 0) is 18.8 Å². The van der Waals surface area contributed by atoms with Gasteiger partial charge in [0.2, 0.25) is 5.91 Å². The molecule has 2 rings (SSSR count). The van der Waals surface area contributed by atoms with Gasteiger partial charge in [-0.3, -0.25) is 9.59 Å². The zero-order valence-electron chi connectivity index (χ0n) is 11.1. The summed E-state index contributed by atoms with van der Waals surface area (Å²) in [5.74, 6) is 0.400. The molecule has 18 heavy (non-hydrogen) atoms. The molecule has 5 heteroatoms. The van der Waals surface area contributed by atoms with Gasteiger partial charge in [-0.25, -0.2) is 5.01 Å². The van der Waals surface area contributed by atoms with Crippen LogP contribution in [0.3, 0.4) is 0 Å². The van der Waals surface area contributed by atoms with Crippen molar-refractivity contribution in [2.24, 2.45) is 11.0 Å². The van der Waals surface area contributed by atoms with Gasteiger partial charge < -0.3 is 5.32 Å². The minimum atomic E-state index is -0.104. The first kappa shape index (κ1) is 13.1. The van der Waals surface area contributed by atoms with Crippen molar-refractivity contribution in [3.8, 4) is 0 Å². The Morgan fingerprint density at radius 3 is 2.72 bits per heavy atom. The molecule has 5 nitrogen and oxygen atoms in total. The first-order chi connectivity index (χ1) is 8.58. The summed E-state index contributed by atoms with van der Waals surface area (Å²) in [7, 11) is 1.60. The van der Waals surface area contributed by atoms with Crippen LogP contribution in [0.1, 0.15) is 45.4 Å². The van der Waals surface area contributed by atoms with Crippen LogP contribution in [0.15, 0.2) is 5.10 Å². The largest absolute Gasteiger partial charge is 0.348 e. The van der Waals surface area contributed by atoms with Crippen LogP contribution in [0.2, 0.25) is 0 Å². The van der Waals surface area contributed by atoms with Crippen molar-refractivity contribution in [1.82, 2.24) is 10.3 Å². The molecule has 1 fully saturated rings. The molecule has 100 valence electrons. The zero-order chi connectivity index (χ0) is 13.1. The second-order valence-corrected chi connectivity index (χ2v) is 5.31. The van der Waals surface area contributed by atoms with Crippen molar-refractivity contribution in [3.05, 3.63) is 0 Å². The van der Waals surface area contributed by atoms with E-state index in [0.29, 0.717) is 24.5 Å². The minimum Gasteiger partial charge on any atom is -0.348 e. The molecule has 2 unspecified atom stereocenters. The van der Waals surface area contributed by atoms with Crippen LogP contribution in [0.4, 0.5) is 0 Å². The molecule has 2 aliphatic rings. The van der Waals surface area contributed by atoms with Crippen molar-refractivity contribution < 1.29 is 9.59 Å². The molecule has 0 aromatic heterocycles. The molecule has 0 saturated heterocycles. The second kappa shape index (κ2) is 5.50. The van der Waals surface area contributed by atoms with E-state index in [-0.39, 0.29) is 17.9 Å². The molecule has 2 atom stereocenters. The Morgan fingerprint density at radius 1 is 1.33 bits per heavy atom. The fourth-order valence-electron chi connectivity index (χ4n) is 2.62. The Labute approximate surface area is 108 Å². The maximum atomic E-state index is 12.1. The maximum Gasteiger partial charge on any atom is 0.267 e. The van der Waals surface area contributed by atoms with Gasteiger partial charge in [-0.1, -0.05) is 19.8 Å². The van der Waals surface area contributed by atoms with Crippen molar-refractivity contribution in [3.63, 3.8) is 0 Å². The predicted molar refractivity (Wildman–Crippen MR) is 69.0 cm³/mol. The van der Waals surface area contributed by atoms with E-state index in [1.54, 1.807) is 7.05 Å². The molecule has 0 aromatic carbocycles. The average molecular weight is 251 g/mol. The quantitative estimate of drug-likeness (QED) is 0.804. The molecular weight excluding hydrogens is 230 g/mol. The number of hydrogen-bond acceptors (Lipinski definition) is 3. The molecule has 1 saturated carbocycles. The molecule has 0 aromatic rings. The van der Waals surface area contributed by atoms with Crippen molar-refractivity contribution in [2.75, 3.05) is 7.05 Å². The van der Waals surface area contributed by atoms with E-state index in [1.165, 1.54) is 24.3 Å². The summed E-state index contributed by atoms with van der Waals surface area (Å²) in [6.07, 6.45) is 5.50. The molecule has 0 bridgehead atoms. The first-order valence-corrected chi connectivity index (χ1v) is 6.73. The van der Waals surface area contributed by atoms with E-state index in [2.05, 4.69) is 17.3 Å². The van der Waals surface area contributed by atoms with E-state index in [0.717, 1.165) is 6.42 Å². The second-order valence-electron chi connectivity index (χ2n) is 5.31. The van der Waals surface area contributed by atoms with Gasteiger partial charge in [0.1, 0.15) is 5.71 Å². The van der Waals surface area contributed by atoms with Gasteiger partial charge in [0, 0.05) is 25.9 Å². The summed E-state index contributed by atoms with van der Waals surface area (Å²) in [6.45, 7) is 2.18. The SMILES string of the molecule is CC1CCCCC1NC(=O)C1=NN(C)C(=O)CC1. The molecule has 1 heterocycles. The number of carbonyl (C=O) groups excluding carboxylic acids is 2. The van der Waals surface area contributed by atoms with E-state index >= 15 is 0 Å². The van der Waals surface area contributed by atoms with Crippen LogP contribution in [0, 0.1) is 5.92 Å². The minimum absolute atomic E-state index is 0.0300. The lowest BCUT2D eigenvalue weighted by Gasteiger charge is -2.30. The van der Waals surface area contributed by atoms with Crippen LogP contribution >= 0.6 is 0 Å². The first-order valence-electron chi connectivity index (χ1n) is 6.73. The lowest BCUT2D eigenvalue weighted by molar-refractivity contribution is -0.130. The molecule has 0 radical (unpaired) electrons. The summed E-state index contributed by atoms with van der Waals surface area (Å²) in [5, 5.41) is 8.37. The summed E-state index contributed by atoms with van der Waals surface area (Å²) in [5.41, 5.74) is 0.481. The third kappa shape index (κ3) is 2.89. The summed E-state index contributed by atoms with van der Waals surface area (Å²) in [6, 6.07) is 0.261. The van der Waals surface area contributed by atoms with E-state index < -0.39 is 0 Å². The van der Waals surface area contributed by atoms with Crippen molar-refractivity contribution in [1.29, 1.82) is 0 Å². The van der Waals surface area contributed by atoms with Crippen LogP contribution in [-0.2, 0) is 9.59 Å². The van der Waals surface area contributed by atoms with Crippen LogP contribution < -0.4 is 5.32 Å². The number of hydrazone groups is 1. The number of hydrogen-bond donors (Lipinski definition) is 1. The third-order valence-electron chi connectivity index (χ3n) is 3.90. The van der Waals surface area contributed by atoms with Gasteiger partial charge in [0.25, 0.3) is 5.91 Å². The highest BCUT2D eigenvalue weighted by Crippen LogP contribution is 2.23. The van der Waals surface area contributed by atoms with Gasteiger partial charge >= 0.3 is 0 Å². The highest BCUT2D eigenvalue weighted by Gasteiger charge is 2.27. The van der Waals surface area contributed by atoms with Crippen LogP contribution in [-0.4, -0.2) is 35.6 Å². The zero-order valence-corrected chi connectivity index (χ0v) is 11.1. The Morgan fingerprint density at radius 2 is 2.06 bits per heavy atom. The van der Waals surface area contributed by atoms with Crippen molar-refractivity contribution in [2.45, 2.75) is 51.5 Å².